The van der Waals surface area contributed by atoms with E-state index in [0.717, 1.165) is 17.9 Å². The van der Waals surface area contributed by atoms with Gasteiger partial charge in [0.1, 0.15) is 23.9 Å². The highest BCUT2D eigenvalue weighted by Gasteiger charge is 2.06. The first-order chi connectivity index (χ1) is 9.72. The summed E-state index contributed by atoms with van der Waals surface area (Å²) in [6, 6.07) is 12.2. The normalized spacial score (nSPS) is 10.3. The first-order valence-corrected chi connectivity index (χ1v) is 6.41. The van der Waals surface area contributed by atoms with Crippen LogP contribution in [0.2, 0.25) is 0 Å². The van der Waals surface area contributed by atoms with E-state index in [9.17, 15) is 4.39 Å². The van der Waals surface area contributed by atoms with E-state index in [-0.39, 0.29) is 12.4 Å². The van der Waals surface area contributed by atoms with Crippen LogP contribution in [0.15, 0.2) is 42.5 Å². The zero-order valence-corrected chi connectivity index (χ0v) is 11.7. The number of benzene rings is 2. The van der Waals surface area contributed by atoms with E-state index in [1.54, 1.807) is 13.2 Å². The molecule has 0 atom stereocenters. The lowest BCUT2D eigenvalue weighted by atomic mass is 10.2. The highest BCUT2D eigenvalue weighted by Crippen LogP contribution is 2.22. The number of hydrogen-bond donors (Lipinski definition) is 1. The van der Waals surface area contributed by atoms with Crippen molar-refractivity contribution < 1.29 is 13.9 Å². The molecule has 4 heteroatoms. The van der Waals surface area contributed by atoms with Gasteiger partial charge in [0, 0.05) is 12.1 Å². The Labute approximate surface area is 118 Å². The van der Waals surface area contributed by atoms with Crippen molar-refractivity contribution in [2.24, 2.45) is 0 Å². The maximum atomic E-state index is 13.3. The number of halogens is 1. The molecule has 0 unspecified atom stereocenters. The Bertz CT molecular complexity index is 572. The third-order valence-electron chi connectivity index (χ3n) is 2.92. The van der Waals surface area contributed by atoms with Gasteiger partial charge < -0.3 is 14.8 Å². The van der Waals surface area contributed by atoms with E-state index in [1.807, 2.05) is 31.3 Å². The Morgan fingerprint density at radius 1 is 1.15 bits per heavy atom. The Morgan fingerprint density at radius 2 is 2.00 bits per heavy atom. The summed E-state index contributed by atoms with van der Waals surface area (Å²) in [4.78, 5) is 0. The molecule has 0 aliphatic carbocycles. The molecule has 1 N–H and O–H groups in total. The summed E-state index contributed by atoms with van der Waals surface area (Å²) < 4.78 is 24.2. The first-order valence-electron chi connectivity index (χ1n) is 6.41. The maximum Gasteiger partial charge on any atom is 0.125 e. The summed E-state index contributed by atoms with van der Waals surface area (Å²) in [7, 11) is 3.45. The van der Waals surface area contributed by atoms with Gasteiger partial charge in [0.15, 0.2) is 0 Å². The largest absolute Gasteiger partial charge is 0.496 e. The summed E-state index contributed by atoms with van der Waals surface area (Å²) >= 11 is 0. The minimum atomic E-state index is -0.298. The van der Waals surface area contributed by atoms with E-state index in [2.05, 4.69) is 5.32 Å². The topological polar surface area (TPSA) is 30.5 Å². The molecular formula is C16H18FNO2. The molecule has 0 aromatic heterocycles. The summed E-state index contributed by atoms with van der Waals surface area (Å²) in [6.45, 7) is 1.05. The van der Waals surface area contributed by atoms with Crippen molar-refractivity contribution in [1.29, 1.82) is 0 Å². The van der Waals surface area contributed by atoms with Gasteiger partial charge in [-0.1, -0.05) is 12.1 Å². The lowest BCUT2D eigenvalue weighted by Gasteiger charge is -2.11. The van der Waals surface area contributed by atoms with Gasteiger partial charge in [-0.2, -0.15) is 0 Å². The molecule has 2 aromatic carbocycles. The van der Waals surface area contributed by atoms with Gasteiger partial charge in [0.2, 0.25) is 0 Å². The van der Waals surface area contributed by atoms with Gasteiger partial charge in [0.25, 0.3) is 0 Å². The number of rotatable bonds is 6. The van der Waals surface area contributed by atoms with Gasteiger partial charge in [-0.25, -0.2) is 4.39 Å². The average Bonchev–Trinajstić information content (AvgIpc) is 2.46. The molecule has 0 spiro atoms. The molecule has 3 nitrogen and oxygen atoms in total. The quantitative estimate of drug-likeness (QED) is 0.878. The Morgan fingerprint density at radius 3 is 2.75 bits per heavy atom. The van der Waals surface area contributed by atoms with Crippen LogP contribution in [0, 0.1) is 5.82 Å². The van der Waals surface area contributed by atoms with Crippen molar-refractivity contribution in [3.05, 3.63) is 59.4 Å². The van der Waals surface area contributed by atoms with Crippen molar-refractivity contribution >= 4 is 0 Å². The van der Waals surface area contributed by atoms with Crippen LogP contribution in [0.3, 0.4) is 0 Å². The second kappa shape index (κ2) is 6.91. The lowest BCUT2D eigenvalue weighted by molar-refractivity contribution is 0.295. The van der Waals surface area contributed by atoms with Crippen LogP contribution in [0.5, 0.6) is 11.5 Å². The molecule has 0 aliphatic rings. The minimum absolute atomic E-state index is 0.268. The van der Waals surface area contributed by atoms with Crippen molar-refractivity contribution in [2.45, 2.75) is 13.2 Å². The molecule has 106 valence electrons. The Balaban J connectivity index is 2.08. The van der Waals surface area contributed by atoms with E-state index in [0.29, 0.717) is 11.3 Å². The van der Waals surface area contributed by atoms with Crippen LogP contribution in [-0.2, 0) is 13.2 Å². The zero-order valence-electron chi connectivity index (χ0n) is 11.7. The fraction of sp³-hybridized carbons (Fsp3) is 0.250. The summed E-state index contributed by atoms with van der Waals surface area (Å²) in [6.07, 6.45) is 0. The molecule has 2 rings (SSSR count). The van der Waals surface area contributed by atoms with Gasteiger partial charge in [-0.15, -0.1) is 0 Å². The molecule has 2 aromatic rings. The smallest absolute Gasteiger partial charge is 0.125 e. The predicted octanol–water partition coefficient (Wildman–Crippen LogP) is 3.13. The van der Waals surface area contributed by atoms with E-state index in [1.165, 1.54) is 12.1 Å². The Hall–Kier alpha value is -2.07. The van der Waals surface area contributed by atoms with Crippen LogP contribution >= 0.6 is 0 Å². The minimum Gasteiger partial charge on any atom is -0.496 e. The average molecular weight is 275 g/mol. The summed E-state index contributed by atoms with van der Waals surface area (Å²) in [5.41, 5.74) is 1.82. The fourth-order valence-corrected chi connectivity index (χ4v) is 1.97. The molecule has 0 amide bonds. The van der Waals surface area contributed by atoms with E-state index in [4.69, 9.17) is 9.47 Å². The zero-order chi connectivity index (χ0) is 14.4. The van der Waals surface area contributed by atoms with Crippen LogP contribution in [0.25, 0.3) is 0 Å². The van der Waals surface area contributed by atoms with Gasteiger partial charge >= 0.3 is 0 Å². The van der Waals surface area contributed by atoms with Gasteiger partial charge in [0.05, 0.1) is 7.11 Å². The molecule has 0 saturated heterocycles. The molecule has 0 radical (unpaired) electrons. The molecule has 0 saturated carbocycles. The highest BCUT2D eigenvalue weighted by molar-refractivity contribution is 5.34. The number of hydrogen-bond acceptors (Lipinski definition) is 3. The SMILES string of the molecule is CNCc1cccc(OCc2cc(F)ccc2OC)c1. The van der Waals surface area contributed by atoms with Crippen molar-refractivity contribution in [3.8, 4) is 11.5 Å². The number of nitrogens with one attached hydrogen (secondary N) is 1. The highest BCUT2D eigenvalue weighted by atomic mass is 19.1. The van der Waals surface area contributed by atoms with Crippen molar-refractivity contribution in [1.82, 2.24) is 5.32 Å². The molecular weight excluding hydrogens is 257 g/mol. The second-order valence-electron chi connectivity index (χ2n) is 4.42. The van der Waals surface area contributed by atoms with Gasteiger partial charge in [-0.3, -0.25) is 0 Å². The lowest BCUT2D eigenvalue weighted by Crippen LogP contribution is -2.05. The fourth-order valence-electron chi connectivity index (χ4n) is 1.97. The number of ether oxygens (including phenoxy) is 2. The van der Waals surface area contributed by atoms with Crippen molar-refractivity contribution in [2.75, 3.05) is 14.2 Å². The molecule has 0 heterocycles. The van der Waals surface area contributed by atoms with Crippen LogP contribution < -0.4 is 14.8 Å². The maximum absolute atomic E-state index is 13.3. The van der Waals surface area contributed by atoms with Crippen LogP contribution in [0.4, 0.5) is 4.39 Å². The second-order valence-corrected chi connectivity index (χ2v) is 4.42. The monoisotopic (exact) mass is 275 g/mol. The number of methoxy groups -OCH3 is 1. The molecule has 20 heavy (non-hydrogen) atoms. The molecule has 0 aliphatic heterocycles. The summed E-state index contributed by atoms with van der Waals surface area (Å²) in [5, 5.41) is 3.09. The first kappa shape index (κ1) is 14.3. The van der Waals surface area contributed by atoms with E-state index < -0.39 is 0 Å². The van der Waals surface area contributed by atoms with Crippen LogP contribution in [-0.4, -0.2) is 14.2 Å². The van der Waals surface area contributed by atoms with Crippen LogP contribution in [0.1, 0.15) is 11.1 Å². The molecule has 0 fully saturated rings. The van der Waals surface area contributed by atoms with Crippen molar-refractivity contribution in [3.63, 3.8) is 0 Å². The standard InChI is InChI=1S/C16H18FNO2/c1-18-10-12-4-3-5-15(8-12)20-11-13-9-14(17)6-7-16(13)19-2/h3-9,18H,10-11H2,1-2H3. The third kappa shape index (κ3) is 3.71. The molecule has 0 bridgehead atoms. The summed E-state index contributed by atoms with van der Waals surface area (Å²) in [5.74, 6) is 1.08. The predicted molar refractivity (Wildman–Crippen MR) is 76.5 cm³/mol. The van der Waals surface area contributed by atoms with E-state index >= 15 is 0 Å². The van der Waals surface area contributed by atoms with Gasteiger partial charge in [-0.05, 0) is 42.9 Å². The Kier molecular flexibility index (Phi) is 4.96. The third-order valence-corrected chi connectivity index (χ3v) is 2.92.